The van der Waals surface area contributed by atoms with Crippen LogP contribution < -0.4 is 5.32 Å². The summed E-state index contributed by atoms with van der Waals surface area (Å²) < 4.78 is 0. The lowest BCUT2D eigenvalue weighted by Gasteiger charge is -2.21. The summed E-state index contributed by atoms with van der Waals surface area (Å²) in [6.45, 7) is 8.16. The number of hydrogen-bond acceptors (Lipinski definition) is 2. The highest BCUT2D eigenvalue weighted by molar-refractivity contribution is 5.83. The molecule has 1 aliphatic heterocycles. The minimum atomic E-state index is 0.755. The van der Waals surface area contributed by atoms with Crippen molar-refractivity contribution in [3.8, 4) is 0 Å². The average Bonchev–Trinajstić information content (AvgIpc) is 2.72. The third kappa shape index (κ3) is 2.99. The Hall–Kier alpha value is -1.32. The Balaban J connectivity index is 1.65. The fraction of sp³-hybridized carbons (Fsp3) is 0.500. The molecule has 2 heterocycles. The maximum Gasteiger partial charge on any atom is 0.0456 e. The van der Waals surface area contributed by atoms with E-state index in [1.54, 1.807) is 0 Å². The molecule has 0 amide bonds. The normalized spacial score (nSPS) is 21.6. The fourth-order valence-electron chi connectivity index (χ4n) is 3.00. The average molecular weight is 257 g/mol. The number of nitrogens with one attached hydrogen (secondary N) is 2. The highest BCUT2D eigenvalue weighted by Gasteiger charge is 2.14. The Kier molecular flexibility index (Phi) is 3.85. The van der Waals surface area contributed by atoms with E-state index in [2.05, 4.69) is 52.6 Å². The standard InChI is InChI=1S/C16H23N3/c1-13-10-17-7-9-19(12-13)8-6-14-11-18-16-5-3-2-4-15(14)16/h2-5,11,13,17-18H,6-10,12H2,1H3. The van der Waals surface area contributed by atoms with Crippen LogP contribution in [0.25, 0.3) is 10.9 Å². The molecule has 1 unspecified atom stereocenters. The third-order valence-corrected chi connectivity index (χ3v) is 4.04. The summed E-state index contributed by atoms with van der Waals surface area (Å²) in [6.07, 6.45) is 3.31. The van der Waals surface area contributed by atoms with Gasteiger partial charge >= 0.3 is 0 Å². The lowest BCUT2D eigenvalue weighted by atomic mass is 10.1. The number of hydrogen-bond donors (Lipinski definition) is 2. The number of para-hydroxylation sites is 1. The van der Waals surface area contributed by atoms with Crippen molar-refractivity contribution in [2.45, 2.75) is 13.3 Å². The number of benzene rings is 1. The van der Waals surface area contributed by atoms with E-state index < -0.39 is 0 Å². The van der Waals surface area contributed by atoms with Gasteiger partial charge in [0.2, 0.25) is 0 Å². The van der Waals surface area contributed by atoms with Gasteiger partial charge in [0.05, 0.1) is 0 Å². The molecule has 1 aliphatic rings. The van der Waals surface area contributed by atoms with Crippen LogP contribution in [-0.4, -0.2) is 42.6 Å². The van der Waals surface area contributed by atoms with E-state index in [4.69, 9.17) is 0 Å². The van der Waals surface area contributed by atoms with Gasteiger partial charge in [-0.25, -0.2) is 0 Å². The molecule has 3 heteroatoms. The number of nitrogens with zero attached hydrogens (tertiary/aromatic N) is 1. The predicted octanol–water partition coefficient (Wildman–Crippen LogP) is 2.25. The van der Waals surface area contributed by atoms with Crippen LogP contribution in [0.2, 0.25) is 0 Å². The van der Waals surface area contributed by atoms with Crippen LogP contribution in [0.1, 0.15) is 12.5 Å². The molecular formula is C16H23N3. The minimum absolute atomic E-state index is 0.755. The molecule has 1 fully saturated rings. The van der Waals surface area contributed by atoms with Crippen LogP contribution in [-0.2, 0) is 6.42 Å². The zero-order valence-electron chi connectivity index (χ0n) is 11.7. The van der Waals surface area contributed by atoms with Crippen LogP contribution >= 0.6 is 0 Å². The monoisotopic (exact) mass is 257 g/mol. The number of rotatable bonds is 3. The molecule has 0 bridgehead atoms. The predicted molar refractivity (Wildman–Crippen MR) is 80.5 cm³/mol. The second kappa shape index (κ2) is 5.76. The first kappa shape index (κ1) is 12.7. The van der Waals surface area contributed by atoms with Crippen LogP contribution in [0.3, 0.4) is 0 Å². The van der Waals surface area contributed by atoms with E-state index in [0.29, 0.717) is 0 Å². The quantitative estimate of drug-likeness (QED) is 0.883. The van der Waals surface area contributed by atoms with Gasteiger partial charge in [-0.2, -0.15) is 0 Å². The van der Waals surface area contributed by atoms with Gasteiger partial charge in [0.15, 0.2) is 0 Å². The Morgan fingerprint density at radius 3 is 3.16 bits per heavy atom. The first-order chi connectivity index (χ1) is 9.33. The van der Waals surface area contributed by atoms with Gasteiger partial charge in [0.25, 0.3) is 0 Å². The van der Waals surface area contributed by atoms with Crippen molar-refractivity contribution in [1.29, 1.82) is 0 Å². The summed E-state index contributed by atoms with van der Waals surface area (Å²) in [5.74, 6) is 0.755. The summed E-state index contributed by atoms with van der Waals surface area (Å²) in [4.78, 5) is 5.96. The van der Waals surface area contributed by atoms with Gasteiger partial charge in [-0.05, 0) is 30.5 Å². The minimum Gasteiger partial charge on any atom is -0.361 e. The Bertz CT molecular complexity index is 532. The Morgan fingerprint density at radius 1 is 1.32 bits per heavy atom. The van der Waals surface area contributed by atoms with Crippen molar-refractivity contribution in [2.24, 2.45) is 5.92 Å². The summed E-state index contributed by atoms with van der Waals surface area (Å²) in [6, 6.07) is 8.58. The molecule has 19 heavy (non-hydrogen) atoms. The van der Waals surface area contributed by atoms with E-state index in [9.17, 15) is 0 Å². The lowest BCUT2D eigenvalue weighted by molar-refractivity contribution is 0.268. The number of fused-ring (bicyclic) bond motifs is 1. The smallest absolute Gasteiger partial charge is 0.0456 e. The molecule has 102 valence electrons. The highest BCUT2D eigenvalue weighted by atomic mass is 15.2. The Labute approximate surface area is 115 Å². The van der Waals surface area contributed by atoms with Gasteiger partial charge < -0.3 is 15.2 Å². The molecule has 2 aromatic rings. The van der Waals surface area contributed by atoms with Crippen LogP contribution in [0, 0.1) is 5.92 Å². The van der Waals surface area contributed by atoms with Crippen molar-refractivity contribution >= 4 is 10.9 Å². The molecule has 0 radical (unpaired) electrons. The highest BCUT2D eigenvalue weighted by Crippen LogP contribution is 2.18. The molecule has 1 atom stereocenters. The second-order valence-corrected chi connectivity index (χ2v) is 5.72. The van der Waals surface area contributed by atoms with E-state index in [0.717, 1.165) is 32.0 Å². The van der Waals surface area contributed by atoms with E-state index in [1.807, 2.05) is 0 Å². The fourth-order valence-corrected chi connectivity index (χ4v) is 3.00. The van der Waals surface area contributed by atoms with Crippen LogP contribution in [0.5, 0.6) is 0 Å². The summed E-state index contributed by atoms with van der Waals surface area (Å²) >= 11 is 0. The summed E-state index contributed by atoms with van der Waals surface area (Å²) in [5, 5.41) is 4.88. The Morgan fingerprint density at radius 2 is 2.21 bits per heavy atom. The molecule has 0 aliphatic carbocycles. The zero-order valence-corrected chi connectivity index (χ0v) is 11.7. The van der Waals surface area contributed by atoms with Crippen LogP contribution in [0.15, 0.2) is 30.5 Å². The van der Waals surface area contributed by atoms with Gasteiger partial charge in [0.1, 0.15) is 0 Å². The first-order valence-corrected chi connectivity index (χ1v) is 7.31. The topological polar surface area (TPSA) is 31.1 Å². The van der Waals surface area contributed by atoms with E-state index in [1.165, 1.54) is 29.6 Å². The largest absolute Gasteiger partial charge is 0.361 e. The number of aromatic nitrogens is 1. The first-order valence-electron chi connectivity index (χ1n) is 7.31. The molecule has 1 aromatic carbocycles. The van der Waals surface area contributed by atoms with Gasteiger partial charge in [-0.1, -0.05) is 25.1 Å². The third-order valence-electron chi connectivity index (χ3n) is 4.04. The number of H-pyrrole nitrogens is 1. The van der Waals surface area contributed by atoms with Gasteiger partial charge in [-0.3, -0.25) is 0 Å². The zero-order chi connectivity index (χ0) is 13.1. The lowest BCUT2D eigenvalue weighted by Crippen LogP contribution is -2.31. The van der Waals surface area contributed by atoms with Crippen molar-refractivity contribution in [2.75, 3.05) is 32.7 Å². The molecule has 1 saturated heterocycles. The van der Waals surface area contributed by atoms with Gasteiger partial charge in [0, 0.05) is 43.3 Å². The molecular weight excluding hydrogens is 234 g/mol. The van der Waals surface area contributed by atoms with Crippen LogP contribution in [0.4, 0.5) is 0 Å². The SMILES string of the molecule is CC1CNCCN(CCc2c[nH]c3ccccc23)C1. The van der Waals surface area contributed by atoms with Crippen molar-refractivity contribution < 1.29 is 0 Å². The van der Waals surface area contributed by atoms with E-state index >= 15 is 0 Å². The molecule has 0 saturated carbocycles. The number of aromatic amines is 1. The molecule has 3 nitrogen and oxygen atoms in total. The molecule has 2 N–H and O–H groups in total. The van der Waals surface area contributed by atoms with E-state index in [-0.39, 0.29) is 0 Å². The molecule has 3 rings (SSSR count). The maximum absolute atomic E-state index is 3.50. The maximum atomic E-state index is 3.50. The van der Waals surface area contributed by atoms with Crippen molar-refractivity contribution in [1.82, 2.24) is 15.2 Å². The summed E-state index contributed by atoms with van der Waals surface area (Å²) in [7, 11) is 0. The van der Waals surface area contributed by atoms with Crippen molar-refractivity contribution in [3.05, 3.63) is 36.0 Å². The second-order valence-electron chi connectivity index (χ2n) is 5.72. The molecule has 0 spiro atoms. The summed E-state index contributed by atoms with van der Waals surface area (Å²) in [5.41, 5.74) is 2.70. The van der Waals surface area contributed by atoms with Gasteiger partial charge in [-0.15, -0.1) is 0 Å². The van der Waals surface area contributed by atoms with Crippen molar-refractivity contribution in [3.63, 3.8) is 0 Å². The molecule has 1 aromatic heterocycles.